The average molecular weight is 296 g/mol. The lowest BCUT2D eigenvalue weighted by Crippen LogP contribution is -2.35. The Morgan fingerprint density at radius 2 is 1.11 bits per heavy atom. The van der Waals surface area contributed by atoms with Gasteiger partial charge in [0.25, 0.3) is 0 Å². The van der Waals surface area contributed by atoms with Crippen LogP contribution in [0.25, 0.3) is 0 Å². The van der Waals surface area contributed by atoms with E-state index in [0.29, 0.717) is 51.4 Å². The topological polar surface area (TPSA) is 57.5 Å². The van der Waals surface area contributed by atoms with Gasteiger partial charge in [-0.1, -0.05) is 0 Å². The zero-order chi connectivity index (χ0) is 14.0. The Kier molecular flexibility index (Phi) is 5.02. The summed E-state index contributed by atoms with van der Waals surface area (Å²) >= 11 is 0. The Morgan fingerprint density at radius 1 is 0.789 bits per heavy atom. The fourth-order valence-corrected chi connectivity index (χ4v) is 5.47. The molecule has 112 valence electrons. The third-order valence-corrected chi connectivity index (χ3v) is 6.38. The van der Waals surface area contributed by atoms with E-state index in [9.17, 15) is 23.1 Å². The van der Waals surface area contributed by atoms with Gasteiger partial charge in [0.05, 0.1) is 5.66 Å². The Bertz CT molecular complexity index is 309. The van der Waals surface area contributed by atoms with Crippen LogP contribution >= 0.6 is 7.60 Å². The molecule has 0 aliphatic heterocycles. The maximum Gasteiger partial charge on any atom is 0.329 e. The van der Waals surface area contributed by atoms with Crippen LogP contribution in [0.1, 0.15) is 51.4 Å². The predicted octanol–water partition coefficient (Wildman–Crippen LogP) is 3.59. The first kappa shape index (κ1) is 15.4. The molecule has 0 atom stereocenters. The molecule has 0 aromatic rings. The Morgan fingerprint density at radius 3 is 1.37 bits per heavy atom. The Labute approximate surface area is 112 Å². The van der Waals surface area contributed by atoms with Crippen molar-refractivity contribution in [2.45, 2.75) is 69.4 Å². The molecule has 2 aliphatic rings. The van der Waals surface area contributed by atoms with E-state index in [1.54, 1.807) is 0 Å². The van der Waals surface area contributed by atoms with Crippen molar-refractivity contribution in [1.29, 1.82) is 0 Å². The second-order valence-electron chi connectivity index (χ2n) is 6.10. The van der Waals surface area contributed by atoms with Crippen molar-refractivity contribution < 1.29 is 23.1 Å². The summed E-state index contributed by atoms with van der Waals surface area (Å²) in [5.74, 6) is -0.206. The molecular formula is C13H23F2O3P. The molecular weight excluding hydrogens is 273 g/mol. The quantitative estimate of drug-likeness (QED) is 0.782. The minimum atomic E-state index is -4.20. The van der Waals surface area contributed by atoms with E-state index in [1.807, 2.05) is 0 Å². The highest BCUT2D eigenvalue weighted by atomic mass is 31.2. The summed E-state index contributed by atoms with van der Waals surface area (Å²) in [5, 5.41) is 0. The number of halogens is 2. The minimum Gasteiger partial charge on any atom is -0.324 e. The van der Waals surface area contributed by atoms with Crippen molar-refractivity contribution >= 4 is 7.60 Å². The van der Waals surface area contributed by atoms with Gasteiger partial charge < -0.3 is 9.79 Å². The monoisotopic (exact) mass is 296 g/mol. The lowest BCUT2D eigenvalue weighted by molar-refractivity contribution is 0.144. The van der Waals surface area contributed by atoms with E-state index in [0.717, 1.165) is 0 Å². The van der Waals surface area contributed by atoms with Crippen LogP contribution in [0.3, 0.4) is 0 Å². The molecule has 19 heavy (non-hydrogen) atoms. The Balaban J connectivity index is 2.06. The lowest BCUT2D eigenvalue weighted by atomic mass is 9.76. The second kappa shape index (κ2) is 6.19. The molecule has 0 aromatic heterocycles. The van der Waals surface area contributed by atoms with Crippen molar-refractivity contribution in [3.63, 3.8) is 0 Å². The SMILES string of the molecule is O=P(O)(O)C(C1CCC(F)CC1)C1CCC(F)CC1. The van der Waals surface area contributed by atoms with Crippen molar-refractivity contribution in [2.24, 2.45) is 11.8 Å². The number of hydrogen-bond acceptors (Lipinski definition) is 1. The van der Waals surface area contributed by atoms with Crippen LogP contribution in [0.15, 0.2) is 0 Å². The van der Waals surface area contributed by atoms with E-state index in [4.69, 9.17) is 0 Å². The fraction of sp³-hybridized carbons (Fsp3) is 1.00. The summed E-state index contributed by atoms with van der Waals surface area (Å²) in [6.45, 7) is 0. The summed E-state index contributed by atoms with van der Waals surface area (Å²) in [5.41, 5.74) is -0.688. The van der Waals surface area contributed by atoms with Crippen LogP contribution in [-0.2, 0) is 4.57 Å². The highest BCUT2D eigenvalue weighted by Gasteiger charge is 2.44. The molecule has 2 rings (SSSR count). The van der Waals surface area contributed by atoms with E-state index in [-0.39, 0.29) is 11.8 Å². The summed E-state index contributed by atoms with van der Waals surface area (Å²) in [7, 11) is -4.20. The van der Waals surface area contributed by atoms with Crippen molar-refractivity contribution in [2.75, 3.05) is 0 Å². The highest BCUT2D eigenvalue weighted by Crippen LogP contribution is 2.54. The zero-order valence-corrected chi connectivity index (χ0v) is 11.9. The molecule has 3 nitrogen and oxygen atoms in total. The largest absolute Gasteiger partial charge is 0.329 e. The van der Waals surface area contributed by atoms with Gasteiger partial charge in [-0.25, -0.2) is 8.78 Å². The van der Waals surface area contributed by atoms with E-state index >= 15 is 0 Å². The maximum absolute atomic E-state index is 13.2. The maximum atomic E-state index is 13.2. The van der Waals surface area contributed by atoms with Crippen LogP contribution in [0, 0.1) is 11.8 Å². The van der Waals surface area contributed by atoms with E-state index < -0.39 is 25.6 Å². The smallest absolute Gasteiger partial charge is 0.324 e. The van der Waals surface area contributed by atoms with Gasteiger partial charge in [0.1, 0.15) is 12.3 Å². The van der Waals surface area contributed by atoms with Gasteiger partial charge in [-0.2, -0.15) is 0 Å². The van der Waals surface area contributed by atoms with Gasteiger partial charge in [0, 0.05) is 0 Å². The van der Waals surface area contributed by atoms with Gasteiger partial charge >= 0.3 is 7.60 Å². The third-order valence-electron chi connectivity index (χ3n) is 4.76. The van der Waals surface area contributed by atoms with Crippen LogP contribution < -0.4 is 0 Å². The molecule has 0 amide bonds. The molecule has 0 unspecified atom stereocenters. The molecule has 2 saturated carbocycles. The molecule has 0 bridgehead atoms. The highest BCUT2D eigenvalue weighted by molar-refractivity contribution is 7.52. The fourth-order valence-electron chi connectivity index (χ4n) is 3.77. The molecule has 6 heteroatoms. The van der Waals surface area contributed by atoms with Gasteiger partial charge in [-0.3, -0.25) is 4.57 Å². The average Bonchev–Trinajstić information content (AvgIpc) is 2.33. The van der Waals surface area contributed by atoms with Gasteiger partial charge in [-0.05, 0) is 63.2 Å². The number of hydrogen-bond donors (Lipinski definition) is 2. The van der Waals surface area contributed by atoms with Gasteiger partial charge in [0.15, 0.2) is 0 Å². The van der Waals surface area contributed by atoms with Gasteiger partial charge in [-0.15, -0.1) is 0 Å². The second-order valence-corrected chi connectivity index (χ2v) is 7.88. The lowest BCUT2D eigenvalue weighted by Gasteiger charge is -2.38. The summed E-state index contributed by atoms with van der Waals surface area (Å²) in [6.07, 6.45) is 2.15. The van der Waals surface area contributed by atoms with Crippen LogP contribution in [0.4, 0.5) is 8.78 Å². The predicted molar refractivity (Wildman–Crippen MR) is 69.5 cm³/mol. The van der Waals surface area contributed by atoms with Crippen molar-refractivity contribution in [3.8, 4) is 0 Å². The van der Waals surface area contributed by atoms with Crippen LogP contribution in [0.5, 0.6) is 0 Å². The molecule has 0 radical (unpaired) electrons. The number of rotatable bonds is 3. The zero-order valence-electron chi connectivity index (χ0n) is 11.0. The first-order valence-electron chi connectivity index (χ1n) is 7.21. The van der Waals surface area contributed by atoms with Crippen molar-refractivity contribution in [3.05, 3.63) is 0 Å². The number of alkyl halides is 2. The first-order valence-corrected chi connectivity index (χ1v) is 8.89. The standard InChI is InChI=1S/C13H23F2O3P/c14-11-5-1-9(2-6-11)13(19(16,17)18)10-3-7-12(15)8-4-10/h9-13H,1-8H2,(H2,16,17,18). The molecule has 2 aliphatic carbocycles. The normalized spacial score (nSPS) is 38.9. The molecule has 0 heterocycles. The molecule has 2 N–H and O–H groups in total. The van der Waals surface area contributed by atoms with E-state index in [2.05, 4.69) is 0 Å². The van der Waals surface area contributed by atoms with E-state index in [1.165, 1.54) is 0 Å². The summed E-state index contributed by atoms with van der Waals surface area (Å²) in [6, 6.07) is 0. The molecule has 0 aromatic carbocycles. The van der Waals surface area contributed by atoms with Crippen LogP contribution in [0.2, 0.25) is 0 Å². The van der Waals surface area contributed by atoms with Gasteiger partial charge in [0.2, 0.25) is 0 Å². The minimum absolute atomic E-state index is 0.103. The molecule has 0 spiro atoms. The molecule has 0 saturated heterocycles. The summed E-state index contributed by atoms with van der Waals surface area (Å²) < 4.78 is 38.1. The first-order chi connectivity index (χ1) is 8.88. The van der Waals surface area contributed by atoms with Crippen LogP contribution in [-0.4, -0.2) is 27.8 Å². The third kappa shape index (κ3) is 3.99. The van der Waals surface area contributed by atoms with Crippen molar-refractivity contribution in [1.82, 2.24) is 0 Å². The molecule has 2 fully saturated rings. The Hall–Kier alpha value is 0.01000. The summed E-state index contributed by atoms with van der Waals surface area (Å²) in [4.78, 5) is 19.3.